The summed E-state index contributed by atoms with van der Waals surface area (Å²) in [7, 11) is 3.89. The van der Waals surface area contributed by atoms with Crippen LogP contribution in [-0.4, -0.2) is 27.4 Å². The molecule has 2 rings (SSSR count). The highest BCUT2D eigenvalue weighted by Gasteiger charge is 2.34. The summed E-state index contributed by atoms with van der Waals surface area (Å²) in [5.41, 5.74) is 4.55. The van der Waals surface area contributed by atoms with Gasteiger partial charge in [-0.15, -0.1) is 0 Å². The third-order valence-electron chi connectivity index (χ3n) is 5.83. The van der Waals surface area contributed by atoms with Gasteiger partial charge in [0.05, 0.1) is 29.1 Å². The summed E-state index contributed by atoms with van der Waals surface area (Å²) < 4.78 is 0.944. The molecule has 0 fully saturated rings. The minimum Gasteiger partial charge on any atom is -0.293 e. The molecule has 0 saturated carbocycles. The van der Waals surface area contributed by atoms with Crippen LogP contribution in [0.4, 0.5) is 0 Å². The van der Waals surface area contributed by atoms with Gasteiger partial charge in [0.2, 0.25) is 0 Å². The number of rotatable bonds is 7. The lowest BCUT2D eigenvalue weighted by Gasteiger charge is -2.39. The number of hydrogen-bond donors (Lipinski definition) is 0. The van der Waals surface area contributed by atoms with E-state index in [2.05, 4.69) is 84.5 Å². The van der Waals surface area contributed by atoms with Crippen LogP contribution in [-0.2, 0) is 0 Å². The second-order valence-corrected chi connectivity index (χ2v) is 11.6. The first-order chi connectivity index (χ1) is 11.8. The van der Waals surface area contributed by atoms with Crippen LogP contribution in [0.25, 0.3) is 0 Å². The molecule has 0 amide bonds. The number of nitrogens with zero attached hydrogens (tertiary/aromatic N) is 1. The van der Waals surface area contributed by atoms with E-state index in [1.165, 1.54) is 36.8 Å². The Labute approximate surface area is 157 Å². The van der Waals surface area contributed by atoms with Crippen molar-refractivity contribution in [3.05, 3.63) is 58.4 Å². The SMILES string of the molecule is CCCC(CC)CC1=CC(c2ccccc2C)[N+](C)(C)C=C1[SiH](C)C. The molecule has 0 spiro atoms. The van der Waals surface area contributed by atoms with Crippen molar-refractivity contribution in [2.45, 2.75) is 65.6 Å². The maximum atomic E-state index is 2.63. The topological polar surface area (TPSA) is 0 Å². The van der Waals surface area contributed by atoms with Crippen LogP contribution >= 0.6 is 0 Å². The molecule has 0 N–H and O–H groups in total. The maximum absolute atomic E-state index is 2.63. The number of benzene rings is 1. The fraction of sp³-hybridized carbons (Fsp3) is 0.565. The monoisotopic (exact) mass is 356 g/mol. The summed E-state index contributed by atoms with van der Waals surface area (Å²) in [6, 6.07) is 9.36. The van der Waals surface area contributed by atoms with Crippen LogP contribution in [0.1, 0.15) is 56.7 Å². The summed E-state index contributed by atoms with van der Waals surface area (Å²) >= 11 is 0. The zero-order valence-electron chi connectivity index (χ0n) is 17.5. The predicted octanol–water partition coefficient (Wildman–Crippen LogP) is 6.18. The van der Waals surface area contributed by atoms with E-state index in [4.69, 9.17) is 0 Å². The molecule has 2 atom stereocenters. The molecule has 0 bridgehead atoms. The molecule has 0 radical (unpaired) electrons. The number of allylic oxidation sites excluding steroid dienone is 2. The molecule has 25 heavy (non-hydrogen) atoms. The van der Waals surface area contributed by atoms with Gasteiger partial charge in [0.25, 0.3) is 0 Å². The zero-order chi connectivity index (χ0) is 18.6. The van der Waals surface area contributed by atoms with E-state index in [1.807, 2.05) is 0 Å². The second kappa shape index (κ2) is 8.51. The summed E-state index contributed by atoms with van der Waals surface area (Å²) in [4.78, 5) is 0. The van der Waals surface area contributed by atoms with Gasteiger partial charge in [0.15, 0.2) is 0 Å². The van der Waals surface area contributed by atoms with Gasteiger partial charge in [-0.2, -0.15) is 0 Å². The van der Waals surface area contributed by atoms with E-state index in [-0.39, 0.29) is 0 Å². The highest BCUT2D eigenvalue weighted by Crippen LogP contribution is 2.39. The third-order valence-corrected chi connectivity index (χ3v) is 7.59. The van der Waals surface area contributed by atoms with Crippen molar-refractivity contribution < 1.29 is 4.48 Å². The van der Waals surface area contributed by atoms with E-state index < -0.39 is 8.80 Å². The van der Waals surface area contributed by atoms with E-state index in [9.17, 15) is 0 Å². The molecular formula is C23H38NSi+. The van der Waals surface area contributed by atoms with Gasteiger partial charge >= 0.3 is 0 Å². The largest absolute Gasteiger partial charge is 0.293 e. The average molecular weight is 357 g/mol. The quantitative estimate of drug-likeness (QED) is 0.404. The maximum Gasteiger partial charge on any atom is 0.138 e. The molecule has 1 nitrogen and oxygen atoms in total. The lowest BCUT2D eigenvalue weighted by Crippen LogP contribution is -2.41. The normalized spacial score (nSPS) is 21.0. The standard InChI is InChI=1S/C23H38NSi/c1-8-12-19(9-2)15-20-16-22(21-14-11-10-13-18(21)3)24(4,5)17-23(20)25(6)7/h10-11,13-14,16-17,19,22,25H,8-9,12,15H2,1-7H3/q+1. The lowest BCUT2D eigenvalue weighted by atomic mass is 9.88. The molecule has 0 aromatic heterocycles. The van der Waals surface area contributed by atoms with Crippen LogP contribution in [0.5, 0.6) is 0 Å². The Bertz CT molecular complexity index is 639. The summed E-state index contributed by atoms with van der Waals surface area (Å²) in [6.45, 7) is 11.9. The molecule has 138 valence electrons. The molecule has 1 aromatic rings. The first-order valence-corrected chi connectivity index (χ1v) is 13.0. The van der Waals surface area contributed by atoms with Crippen molar-refractivity contribution in [2.24, 2.45) is 5.92 Å². The van der Waals surface area contributed by atoms with Crippen LogP contribution in [0.15, 0.2) is 47.3 Å². The molecule has 1 aliphatic heterocycles. The lowest BCUT2D eigenvalue weighted by molar-refractivity contribution is -0.865. The van der Waals surface area contributed by atoms with Gasteiger partial charge in [0.1, 0.15) is 6.04 Å². The van der Waals surface area contributed by atoms with Gasteiger partial charge in [-0.3, -0.25) is 4.48 Å². The summed E-state index contributed by atoms with van der Waals surface area (Å²) in [5.74, 6) is 0.832. The molecule has 2 heteroatoms. The first kappa shape index (κ1) is 20.2. The first-order valence-electron chi connectivity index (χ1n) is 10.1. The zero-order valence-corrected chi connectivity index (χ0v) is 18.6. The Morgan fingerprint density at radius 2 is 1.80 bits per heavy atom. The van der Waals surface area contributed by atoms with E-state index in [0.29, 0.717) is 6.04 Å². The average Bonchev–Trinajstić information content (AvgIpc) is 2.55. The van der Waals surface area contributed by atoms with Gasteiger partial charge < -0.3 is 0 Å². The smallest absolute Gasteiger partial charge is 0.138 e. The fourth-order valence-corrected chi connectivity index (χ4v) is 5.88. The van der Waals surface area contributed by atoms with Crippen molar-refractivity contribution in [1.29, 1.82) is 0 Å². The molecule has 1 heterocycles. The molecule has 2 unspecified atom stereocenters. The molecule has 1 aliphatic rings. The van der Waals surface area contributed by atoms with E-state index >= 15 is 0 Å². The van der Waals surface area contributed by atoms with E-state index in [1.54, 1.807) is 10.8 Å². The van der Waals surface area contributed by atoms with Crippen LogP contribution < -0.4 is 0 Å². The fourth-order valence-electron chi connectivity index (χ4n) is 4.24. The minimum atomic E-state index is -0.838. The number of hydrogen-bond acceptors (Lipinski definition) is 0. The number of likely N-dealkylation sites (N-methyl/N-ethyl adjacent to an activating group) is 1. The Morgan fingerprint density at radius 3 is 2.36 bits per heavy atom. The molecule has 1 aromatic carbocycles. The minimum absolute atomic E-state index is 0.437. The Hall–Kier alpha value is -1.12. The van der Waals surface area contributed by atoms with Crippen molar-refractivity contribution in [2.75, 3.05) is 14.1 Å². The summed E-state index contributed by atoms with van der Waals surface area (Å²) in [6.07, 6.45) is 10.4. The number of quaternary nitrogens is 1. The summed E-state index contributed by atoms with van der Waals surface area (Å²) in [5, 5.41) is 1.70. The van der Waals surface area contributed by atoms with Crippen molar-refractivity contribution >= 4 is 8.80 Å². The van der Waals surface area contributed by atoms with Gasteiger partial charge in [-0.25, -0.2) is 0 Å². The highest BCUT2D eigenvalue weighted by atomic mass is 28.3. The van der Waals surface area contributed by atoms with Gasteiger partial charge in [0, 0.05) is 5.56 Å². The Morgan fingerprint density at radius 1 is 1.12 bits per heavy atom. The molecule has 0 saturated heterocycles. The van der Waals surface area contributed by atoms with Gasteiger partial charge in [-0.1, -0.05) is 70.5 Å². The second-order valence-electron chi connectivity index (χ2n) is 8.63. The predicted molar refractivity (Wildman–Crippen MR) is 114 cm³/mol. The van der Waals surface area contributed by atoms with E-state index in [0.717, 1.165) is 10.4 Å². The third kappa shape index (κ3) is 4.74. The Kier molecular flexibility index (Phi) is 6.87. The Balaban J connectivity index is 2.45. The van der Waals surface area contributed by atoms with Crippen LogP contribution in [0.2, 0.25) is 13.1 Å². The highest BCUT2D eigenvalue weighted by molar-refractivity contribution is 6.65. The van der Waals surface area contributed by atoms with Crippen molar-refractivity contribution in [3.8, 4) is 0 Å². The van der Waals surface area contributed by atoms with Crippen molar-refractivity contribution in [3.63, 3.8) is 0 Å². The molecular weight excluding hydrogens is 318 g/mol. The van der Waals surface area contributed by atoms with Crippen molar-refractivity contribution in [1.82, 2.24) is 0 Å². The van der Waals surface area contributed by atoms with Crippen LogP contribution in [0.3, 0.4) is 0 Å². The number of aryl methyl sites for hydroxylation is 1. The van der Waals surface area contributed by atoms with Crippen LogP contribution in [0, 0.1) is 12.8 Å². The molecule has 0 aliphatic carbocycles. The van der Waals surface area contributed by atoms with Gasteiger partial charge in [-0.05, 0) is 41.7 Å².